The number of thiol groups is 1. The Bertz CT molecular complexity index is 347. The highest BCUT2D eigenvalue weighted by Crippen LogP contribution is 2.19. The molecule has 0 saturated carbocycles. The summed E-state index contributed by atoms with van der Waals surface area (Å²) in [5.74, 6) is 0. The maximum atomic E-state index is 5.77. The van der Waals surface area contributed by atoms with E-state index in [2.05, 4.69) is 53.2 Å². The molecule has 0 amide bonds. The summed E-state index contributed by atoms with van der Waals surface area (Å²) in [7, 11) is 0. The van der Waals surface area contributed by atoms with Gasteiger partial charge in [-0.2, -0.15) is 12.6 Å². The molecule has 4 heteroatoms. The molecule has 2 saturated heterocycles. The zero-order valence-electron chi connectivity index (χ0n) is 10.9. The molecule has 0 aliphatic carbocycles. The van der Waals surface area contributed by atoms with E-state index in [0.29, 0.717) is 12.1 Å². The summed E-state index contributed by atoms with van der Waals surface area (Å²) in [6, 6.07) is 11.3. The van der Waals surface area contributed by atoms with Crippen molar-refractivity contribution in [2.24, 2.45) is 0 Å². The lowest BCUT2D eigenvalue weighted by molar-refractivity contribution is -0.0500. The average molecular weight is 266 g/mol. The van der Waals surface area contributed by atoms with E-state index in [9.17, 15) is 0 Å². The zero-order valence-corrected chi connectivity index (χ0v) is 11.8. The number of nitrogens with zero attached hydrogens (tertiary/aromatic N) is 1. The predicted molar refractivity (Wildman–Crippen MR) is 78.2 cm³/mol. The highest BCUT2D eigenvalue weighted by molar-refractivity contribution is 7.79. The summed E-state index contributed by atoms with van der Waals surface area (Å²) in [5, 5.41) is 3.41. The fraction of sp³-hybridized carbons (Fsp3) is 0.571. The van der Waals surface area contributed by atoms with Crippen LogP contribution in [0.1, 0.15) is 5.56 Å². The first-order chi connectivity index (χ1) is 8.93. The first-order valence-corrected chi connectivity index (χ1v) is 7.38. The van der Waals surface area contributed by atoms with Crippen LogP contribution in [0, 0.1) is 0 Å². The Hall–Kier alpha value is -0.550. The molecular formula is C14H22N2OS. The number of hydrogen-bond donors (Lipinski definition) is 2. The third kappa shape index (κ3) is 3.26. The van der Waals surface area contributed by atoms with Crippen LogP contribution in [0.5, 0.6) is 0 Å². The molecular weight excluding hydrogens is 244 g/mol. The second-order valence-electron chi connectivity index (χ2n) is 4.59. The fourth-order valence-corrected chi connectivity index (χ4v) is 2.68. The summed E-state index contributed by atoms with van der Waals surface area (Å²) in [4.78, 5) is 2.55. The zero-order chi connectivity index (χ0) is 12.8. The SMILES string of the molecule is CS.c1ccc(CN2CCOC3CNCC32)cc1. The third-order valence-electron chi connectivity index (χ3n) is 3.54. The Morgan fingerprint density at radius 1 is 1.28 bits per heavy atom. The van der Waals surface area contributed by atoms with Crippen LogP contribution in [-0.4, -0.2) is 49.5 Å². The van der Waals surface area contributed by atoms with Crippen molar-refractivity contribution in [1.29, 1.82) is 0 Å². The minimum Gasteiger partial charge on any atom is -0.374 e. The molecule has 0 spiro atoms. The van der Waals surface area contributed by atoms with Crippen LogP contribution in [0.15, 0.2) is 30.3 Å². The number of ether oxygens (including phenoxy) is 1. The summed E-state index contributed by atoms with van der Waals surface area (Å²) < 4.78 is 5.77. The second-order valence-corrected chi connectivity index (χ2v) is 4.59. The van der Waals surface area contributed by atoms with Crippen molar-refractivity contribution in [3.05, 3.63) is 35.9 Å². The van der Waals surface area contributed by atoms with Gasteiger partial charge < -0.3 is 10.1 Å². The number of benzene rings is 1. The monoisotopic (exact) mass is 266 g/mol. The van der Waals surface area contributed by atoms with Gasteiger partial charge in [-0.3, -0.25) is 4.90 Å². The highest BCUT2D eigenvalue weighted by Gasteiger charge is 2.35. The van der Waals surface area contributed by atoms with E-state index in [1.807, 2.05) is 0 Å². The topological polar surface area (TPSA) is 24.5 Å². The molecule has 0 aromatic heterocycles. The molecule has 1 aromatic rings. The van der Waals surface area contributed by atoms with Gasteiger partial charge in [0.2, 0.25) is 0 Å². The van der Waals surface area contributed by atoms with Gasteiger partial charge >= 0.3 is 0 Å². The van der Waals surface area contributed by atoms with Crippen LogP contribution in [0.3, 0.4) is 0 Å². The summed E-state index contributed by atoms with van der Waals surface area (Å²) in [5.41, 5.74) is 1.40. The summed E-state index contributed by atoms with van der Waals surface area (Å²) in [6.45, 7) is 5.05. The quantitative estimate of drug-likeness (QED) is 0.792. The van der Waals surface area contributed by atoms with Gasteiger partial charge in [-0.1, -0.05) is 30.3 Å². The molecule has 2 aliphatic heterocycles. The molecule has 2 heterocycles. The highest BCUT2D eigenvalue weighted by atomic mass is 32.1. The molecule has 2 unspecified atom stereocenters. The largest absolute Gasteiger partial charge is 0.374 e. The van der Waals surface area contributed by atoms with Crippen molar-refractivity contribution in [3.63, 3.8) is 0 Å². The van der Waals surface area contributed by atoms with E-state index in [-0.39, 0.29) is 0 Å². The van der Waals surface area contributed by atoms with Gasteiger partial charge in [0.05, 0.1) is 12.7 Å². The molecule has 18 heavy (non-hydrogen) atoms. The van der Waals surface area contributed by atoms with Gasteiger partial charge in [0.25, 0.3) is 0 Å². The maximum absolute atomic E-state index is 5.77. The Kier molecular flexibility index (Phi) is 5.50. The van der Waals surface area contributed by atoms with E-state index >= 15 is 0 Å². The van der Waals surface area contributed by atoms with Crippen molar-refractivity contribution in [2.75, 3.05) is 32.5 Å². The van der Waals surface area contributed by atoms with E-state index in [1.54, 1.807) is 6.26 Å². The first kappa shape index (κ1) is 13.9. The normalized spacial score (nSPS) is 27.2. The van der Waals surface area contributed by atoms with Gasteiger partial charge in [0, 0.05) is 32.2 Å². The molecule has 100 valence electrons. The van der Waals surface area contributed by atoms with Crippen LogP contribution in [0.25, 0.3) is 0 Å². The smallest absolute Gasteiger partial charge is 0.0867 e. The predicted octanol–water partition coefficient (Wildman–Crippen LogP) is 1.41. The molecule has 3 nitrogen and oxygen atoms in total. The molecule has 1 aromatic carbocycles. The lowest BCUT2D eigenvalue weighted by atomic mass is 10.1. The molecule has 2 aliphatic rings. The van der Waals surface area contributed by atoms with Gasteiger partial charge in [0.15, 0.2) is 0 Å². The number of nitrogens with one attached hydrogen (secondary N) is 1. The lowest BCUT2D eigenvalue weighted by Gasteiger charge is -2.36. The molecule has 3 rings (SSSR count). The molecule has 1 N–H and O–H groups in total. The van der Waals surface area contributed by atoms with Gasteiger partial charge in [-0.25, -0.2) is 0 Å². The Labute approximate surface area is 115 Å². The van der Waals surface area contributed by atoms with E-state index in [1.165, 1.54) is 5.56 Å². The van der Waals surface area contributed by atoms with Gasteiger partial charge in [-0.05, 0) is 11.8 Å². The lowest BCUT2D eigenvalue weighted by Crippen LogP contribution is -2.50. The Morgan fingerprint density at radius 3 is 2.83 bits per heavy atom. The van der Waals surface area contributed by atoms with Crippen molar-refractivity contribution in [3.8, 4) is 0 Å². The van der Waals surface area contributed by atoms with Crippen LogP contribution >= 0.6 is 12.6 Å². The second kappa shape index (κ2) is 7.14. The average Bonchev–Trinajstić information content (AvgIpc) is 2.92. The summed E-state index contributed by atoms with van der Waals surface area (Å²) in [6.07, 6.45) is 2.09. The maximum Gasteiger partial charge on any atom is 0.0867 e. The standard InChI is InChI=1S/C13H18N2O.CH4S/c1-2-4-11(5-3-1)10-15-6-7-16-13-9-14-8-12(13)15;1-2/h1-5,12-14H,6-10H2;2H,1H3. The van der Waals surface area contributed by atoms with Crippen LogP contribution in [0.4, 0.5) is 0 Å². The van der Waals surface area contributed by atoms with Crippen molar-refractivity contribution in [1.82, 2.24) is 10.2 Å². The molecule has 0 bridgehead atoms. The number of rotatable bonds is 2. The number of fused-ring (bicyclic) bond motifs is 1. The van der Waals surface area contributed by atoms with E-state index in [0.717, 1.165) is 32.8 Å². The Morgan fingerprint density at radius 2 is 2.06 bits per heavy atom. The third-order valence-corrected chi connectivity index (χ3v) is 3.54. The van der Waals surface area contributed by atoms with E-state index < -0.39 is 0 Å². The molecule has 2 fully saturated rings. The molecule has 2 atom stereocenters. The van der Waals surface area contributed by atoms with Crippen LogP contribution < -0.4 is 5.32 Å². The minimum atomic E-state index is 0.400. The minimum absolute atomic E-state index is 0.400. The summed E-state index contributed by atoms with van der Waals surface area (Å²) >= 11 is 3.53. The Balaban J connectivity index is 0.000000574. The number of morpholine rings is 1. The van der Waals surface area contributed by atoms with Gasteiger partial charge in [-0.15, -0.1) is 0 Å². The molecule has 0 radical (unpaired) electrons. The fourth-order valence-electron chi connectivity index (χ4n) is 2.68. The van der Waals surface area contributed by atoms with E-state index in [4.69, 9.17) is 4.74 Å². The van der Waals surface area contributed by atoms with Crippen molar-refractivity contribution < 1.29 is 4.74 Å². The van der Waals surface area contributed by atoms with Crippen molar-refractivity contribution >= 4 is 12.6 Å². The van der Waals surface area contributed by atoms with Crippen LogP contribution in [0.2, 0.25) is 0 Å². The van der Waals surface area contributed by atoms with Crippen molar-refractivity contribution in [2.45, 2.75) is 18.7 Å². The first-order valence-electron chi connectivity index (χ1n) is 6.48. The van der Waals surface area contributed by atoms with Crippen LogP contribution in [-0.2, 0) is 11.3 Å². The number of hydrogen-bond acceptors (Lipinski definition) is 4. The van der Waals surface area contributed by atoms with Gasteiger partial charge in [0.1, 0.15) is 0 Å².